The zero-order valence-electron chi connectivity index (χ0n) is 21.4. The second-order valence-corrected chi connectivity index (χ2v) is 9.10. The number of carbonyl (C=O) groups excluding carboxylic acids is 1. The molecule has 2 atom stereocenters. The molecule has 0 saturated carbocycles. The zero-order valence-corrected chi connectivity index (χ0v) is 21.4. The van der Waals surface area contributed by atoms with Crippen LogP contribution >= 0.6 is 0 Å². The number of aryl methyl sites for hydroxylation is 2. The highest BCUT2D eigenvalue weighted by atomic mass is 19.4. The van der Waals surface area contributed by atoms with Crippen molar-refractivity contribution in [3.63, 3.8) is 0 Å². The molecule has 0 N–H and O–H groups in total. The van der Waals surface area contributed by atoms with Crippen LogP contribution in [0.1, 0.15) is 50.7 Å². The van der Waals surface area contributed by atoms with Crippen LogP contribution in [0.5, 0.6) is 5.88 Å². The number of pyridine rings is 1. The minimum absolute atomic E-state index is 0.0967. The van der Waals surface area contributed by atoms with Gasteiger partial charge in [0.1, 0.15) is 6.10 Å². The third-order valence-electron chi connectivity index (χ3n) is 6.37. The van der Waals surface area contributed by atoms with Gasteiger partial charge in [-0.25, -0.2) is 9.36 Å². The molecule has 0 spiro atoms. The number of likely N-dealkylation sites (N-methyl/N-ethyl adjacent to an activating group) is 1. The Morgan fingerprint density at radius 2 is 2.14 bits per heavy atom. The fourth-order valence-electron chi connectivity index (χ4n) is 4.62. The third kappa shape index (κ3) is 5.34. The van der Waals surface area contributed by atoms with E-state index in [0.717, 1.165) is 35.1 Å². The molecule has 1 unspecified atom stereocenters. The van der Waals surface area contributed by atoms with Crippen molar-refractivity contribution in [1.82, 2.24) is 29.4 Å². The van der Waals surface area contributed by atoms with Gasteiger partial charge < -0.3 is 14.4 Å². The number of amides is 1. The SMILES string of the molecule is C=Cc1nn(C2CCCCO2)c2cnc(-c3c(C)nn(C)c3O[C@H](C)CN(CC)C(=O)C(F)(F)F)cc12. The standard InChI is InChI=1S/C25H31F3N6O3/c1-6-18-17-12-19(29-13-20(17)34(31-18)21-10-8-9-11-36-21)22-16(4)30-32(5)23(22)37-15(3)14-33(7-2)24(35)25(26,27)28/h6,12-13,15,21H,1,7-11,14H2,2-5H3/t15-,21?/m1/s1. The number of fused-ring (bicyclic) bond motifs is 1. The number of aromatic nitrogens is 5. The van der Waals surface area contributed by atoms with E-state index in [4.69, 9.17) is 14.6 Å². The second kappa shape index (κ2) is 10.5. The summed E-state index contributed by atoms with van der Waals surface area (Å²) in [4.78, 5) is 17.1. The maximum atomic E-state index is 13.0. The van der Waals surface area contributed by atoms with E-state index >= 15 is 0 Å². The molecule has 0 radical (unpaired) electrons. The Hall–Kier alpha value is -3.41. The molecule has 0 aliphatic carbocycles. The first-order valence-electron chi connectivity index (χ1n) is 12.2. The molecule has 1 saturated heterocycles. The summed E-state index contributed by atoms with van der Waals surface area (Å²) in [6, 6.07) is 1.88. The Morgan fingerprint density at radius 3 is 2.76 bits per heavy atom. The maximum absolute atomic E-state index is 13.0. The van der Waals surface area contributed by atoms with Crippen molar-refractivity contribution in [1.29, 1.82) is 0 Å². The van der Waals surface area contributed by atoms with E-state index in [1.165, 1.54) is 11.6 Å². The van der Waals surface area contributed by atoms with Crippen LogP contribution in [0.2, 0.25) is 0 Å². The number of ether oxygens (including phenoxy) is 2. The zero-order chi connectivity index (χ0) is 26.9. The monoisotopic (exact) mass is 520 g/mol. The number of rotatable bonds is 8. The van der Waals surface area contributed by atoms with Gasteiger partial charge in [-0.05, 0) is 52.2 Å². The average molecular weight is 521 g/mol. The highest BCUT2D eigenvalue weighted by molar-refractivity contribution is 5.90. The molecule has 37 heavy (non-hydrogen) atoms. The fourth-order valence-corrected chi connectivity index (χ4v) is 4.62. The molecular formula is C25H31F3N6O3. The van der Waals surface area contributed by atoms with Crippen LogP contribution in [-0.4, -0.2) is 67.3 Å². The lowest BCUT2D eigenvalue weighted by Gasteiger charge is -2.26. The number of carbonyl (C=O) groups is 1. The van der Waals surface area contributed by atoms with Crippen LogP contribution in [-0.2, 0) is 16.6 Å². The topological polar surface area (TPSA) is 87.3 Å². The summed E-state index contributed by atoms with van der Waals surface area (Å²) in [6.45, 7) is 9.15. The van der Waals surface area contributed by atoms with Crippen molar-refractivity contribution in [3.8, 4) is 17.1 Å². The van der Waals surface area contributed by atoms with Gasteiger partial charge >= 0.3 is 12.1 Å². The first-order chi connectivity index (χ1) is 17.5. The van der Waals surface area contributed by atoms with Crippen LogP contribution in [0.15, 0.2) is 18.8 Å². The van der Waals surface area contributed by atoms with Gasteiger partial charge in [0.25, 0.3) is 0 Å². The molecule has 9 nitrogen and oxygen atoms in total. The van der Waals surface area contributed by atoms with Crippen molar-refractivity contribution in [2.45, 2.75) is 58.5 Å². The highest BCUT2D eigenvalue weighted by Gasteiger charge is 2.42. The molecule has 4 rings (SSSR count). The van der Waals surface area contributed by atoms with Gasteiger partial charge in [0, 0.05) is 25.6 Å². The molecule has 1 amide bonds. The lowest BCUT2D eigenvalue weighted by atomic mass is 10.1. The Bertz CT molecular complexity index is 1290. The summed E-state index contributed by atoms with van der Waals surface area (Å²) in [7, 11) is 1.68. The summed E-state index contributed by atoms with van der Waals surface area (Å²) in [5.41, 5.74) is 3.32. The van der Waals surface area contributed by atoms with E-state index in [1.54, 1.807) is 33.2 Å². The molecular weight excluding hydrogens is 489 g/mol. The summed E-state index contributed by atoms with van der Waals surface area (Å²) in [6.07, 6.45) is 0.489. The van der Waals surface area contributed by atoms with Gasteiger partial charge in [-0.2, -0.15) is 23.4 Å². The van der Waals surface area contributed by atoms with Crippen molar-refractivity contribution in [2.75, 3.05) is 19.7 Å². The molecule has 1 aliphatic heterocycles. The van der Waals surface area contributed by atoms with Crippen LogP contribution in [0.4, 0.5) is 13.2 Å². The molecule has 1 aliphatic rings. The maximum Gasteiger partial charge on any atom is 0.471 e. The average Bonchev–Trinajstić information content (AvgIpc) is 3.37. The highest BCUT2D eigenvalue weighted by Crippen LogP contribution is 2.36. The fraction of sp³-hybridized carbons (Fsp3) is 0.520. The van der Waals surface area contributed by atoms with E-state index in [1.807, 2.05) is 10.7 Å². The lowest BCUT2D eigenvalue weighted by molar-refractivity contribution is -0.186. The van der Waals surface area contributed by atoms with Gasteiger partial charge in [0.15, 0.2) is 6.23 Å². The molecule has 4 heterocycles. The van der Waals surface area contributed by atoms with Gasteiger partial charge in [-0.3, -0.25) is 9.78 Å². The molecule has 3 aromatic heterocycles. The summed E-state index contributed by atoms with van der Waals surface area (Å²) in [5.74, 6) is -1.55. The summed E-state index contributed by atoms with van der Waals surface area (Å²) >= 11 is 0. The summed E-state index contributed by atoms with van der Waals surface area (Å²) in [5, 5.41) is 9.98. The van der Waals surface area contributed by atoms with E-state index in [9.17, 15) is 18.0 Å². The van der Waals surface area contributed by atoms with Crippen molar-refractivity contribution >= 4 is 22.9 Å². The smallest absolute Gasteiger partial charge is 0.471 e. The van der Waals surface area contributed by atoms with E-state index in [0.29, 0.717) is 35.1 Å². The van der Waals surface area contributed by atoms with E-state index in [2.05, 4.69) is 16.7 Å². The Balaban J connectivity index is 1.66. The largest absolute Gasteiger partial charge is 0.472 e. The van der Waals surface area contributed by atoms with Crippen LogP contribution in [0.3, 0.4) is 0 Å². The quantitative estimate of drug-likeness (QED) is 0.429. The predicted molar refractivity (Wildman–Crippen MR) is 132 cm³/mol. The van der Waals surface area contributed by atoms with Gasteiger partial charge in [-0.15, -0.1) is 0 Å². The van der Waals surface area contributed by atoms with Gasteiger partial charge in [0.2, 0.25) is 5.88 Å². The van der Waals surface area contributed by atoms with E-state index < -0.39 is 18.2 Å². The minimum Gasteiger partial charge on any atom is -0.472 e. The predicted octanol–water partition coefficient (Wildman–Crippen LogP) is 4.66. The Kier molecular flexibility index (Phi) is 7.58. The van der Waals surface area contributed by atoms with Crippen LogP contribution < -0.4 is 4.74 Å². The number of halogens is 3. The van der Waals surface area contributed by atoms with Crippen LogP contribution in [0, 0.1) is 6.92 Å². The van der Waals surface area contributed by atoms with Crippen molar-refractivity contribution < 1.29 is 27.4 Å². The number of nitrogens with zero attached hydrogens (tertiary/aromatic N) is 6. The number of hydrogen-bond donors (Lipinski definition) is 0. The Labute approximate surface area is 212 Å². The minimum atomic E-state index is -4.95. The molecule has 0 aromatic carbocycles. The first-order valence-corrected chi connectivity index (χ1v) is 12.2. The van der Waals surface area contributed by atoms with Gasteiger partial charge in [0.05, 0.1) is 40.9 Å². The normalized spacial score (nSPS) is 17.1. The Morgan fingerprint density at radius 1 is 1.38 bits per heavy atom. The number of hydrogen-bond acceptors (Lipinski definition) is 6. The van der Waals surface area contributed by atoms with Crippen LogP contribution in [0.25, 0.3) is 28.2 Å². The van der Waals surface area contributed by atoms with Gasteiger partial charge in [-0.1, -0.05) is 6.58 Å². The number of alkyl halides is 3. The molecule has 200 valence electrons. The molecule has 1 fully saturated rings. The van der Waals surface area contributed by atoms with Crippen molar-refractivity contribution in [3.05, 3.63) is 30.2 Å². The first kappa shape index (κ1) is 26.6. The third-order valence-corrected chi connectivity index (χ3v) is 6.37. The van der Waals surface area contributed by atoms with E-state index in [-0.39, 0.29) is 19.3 Å². The second-order valence-electron chi connectivity index (χ2n) is 9.10. The summed E-state index contributed by atoms with van der Waals surface area (Å²) < 4.78 is 54.2. The van der Waals surface area contributed by atoms with Crippen molar-refractivity contribution in [2.24, 2.45) is 7.05 Å². The lowest BCUT2D eigenvalue weighted by Crippen LogP contribution is -2.45. The molecule has 3 aromatic rings. The molecule has 12 heteroatoms. The molecule has 0 bridgehead atoms.